The third kappa shape index (κ3) is 1.65. The average Bonchev–Trinajstić information content (AvgIpc) is 2.46. The number of hydrogen-bond acceptors (Lipinski definition) is 2. The molecule has 1 aromatic heterocycles. The zero-order valence-corrected chi connectivity index (χ0v) is 9.72. The molecule has 0 fully saturated rings. The number of aryl methyl sites for hydroxylation is 2. The zero-order chi connectivity index (χ0) is 11.9. The lowest BCUT2D eigenvalue weighted by Crippen LogP contribution is -2.04. The largest absolute Gasteiger partial charge is 0.382 e. The van der Waals surface area contributed by atoms with E-state index in [0.717, 1.165) is 11.3 Å². The summed E-state index contributed by atoms with van der Waals surface area (Å²) in [5.41, 5.74) is 7.96. The average molecular weight is 240 g/mol. The topological polar surface area (TPSA) is 43.8 Å². The molecule has 0 unspecified atom stereocenters. The van der Waals surface area contributed by atoms with Gasteiger partial charge in [-0.2, -0.15) is 5.10 Å². The first-order valence-electron chi connectivity index (χ1n) is 4.78. The highest BCUT2D eigenvalue weighted by atomic mass is 35.5. The molecule has 0 bridgehead atoms. The van der Waals surface area contributed by atoms with Gasteiger partial charge in [-0.05, 0) is 37.6 Å². The fourth-order valence-corrected chi connectivity index (χ4v) is 1.68. The van der Waals surface area contributed by atoms with Crippen LogP contribution in [-0.4, -0.2) is 9.78 Å². The van der Waals surface area contributed by atoms with Gasteiger partial charge in [0.1, 0.15) is 16.7 Å². The highest BCUT2D eigenvalue weighted by Gasteiger charge is 2.13. The number of hydrogen-bond donors (Lipinski definition) is 1. The highest BCUT2D eigenvalue weighted by Crippen LogP contribution is 2.26. The molecule has 16 heavy (non-hydrogen) atoms. The smallest absolute Gasteiger partial charge is 0.146 e. The second-order valence-electron chi connectivity index (χ2n) is 3.63. The van der Waals surface area contributed by atoms with Crippen LogP contribution in [0, 0.1) is 19.7 Å². The predicted octanol–water partition coefficient (Wildman–Crippen LogP) is 2.86. The minimum atomic E-state index is -0.283. The summed E-state index contributed by atoms with van der Waals surface area (Å²) in [6.45, 7) is 3.57. The van der Waals surface area contributed by atoms with Gasteiger partial charge < -0.3 is 5.73 Å². The molecular formula is C11H11ClFN3. The number of nitrogen functional groups attached to an aromatic ring is 1. The Morgan fingerprint density at radius 3 is 2.56 bits per heavy atom. The standard InChI is InChI=1S/C11H11ClFN3/c1-6-5-8(13)3-4-9(6)16-11(14)10(12)7(2)15-16/h3-5H,14H2,1-2H3. The molecule has 5 heteroatoms. The van der Waals surface area contributed by atoms with Crippen molar-refractivity contribution in [2.45, 2.75) is 13.8 Å². The monoisotopic (exact) mass is 239 g/mol. The third-order valence-corrected chi connectivity index (χ3v) is 2.87. The molecule has 2 N–H and O–H groups in total. The highest BCUT2D eigenvalue weighted by molar-refractivity contribution is 6.33. The molecule has 2 rings (SSSR count). The van der Waals surface area contributed by atoms with E-state index in [-0.39, 0.29) is 5.82 Å². The second-order valence-corrected chi connectivity index (χ2v) is 4.01. The number of anilines is 1. The van der Waals surface area contributed by atoms with Gasteiger partial charge in [-0.3, -0.25) is 0 Å². The van der Waals surface area contributed by atoms with E-state index >= 15 is 0 Å². The Labute approximate surface area is 97.6 Å². The summed E-state index contributed by atoms with van der Waals surface area (Å²) in [6.07, 6.45) is 0. The number of rotatable bonds is 1. The van der Waals surface area contributed by atoms with Crippen LogP contribution in [0.2, 0.25) is 5.02 Å². The molecule has 3 nitrogen and oxygen atoms in total. The summed E-state index contributed by atoms with van der Waals surface area (Å²) in [7, 11) is 0. The third-order valence-electron chi connectivity index (χ3n) is 2.41. The van der Waals surface area contributed by atoms with Gasteiger partial charge in [0.2, 0.25) is 0 Å². The van der Waals surface area contributed by atoms with Crippen LogP contribution in [0.1, 0.15) is 11.3 Å². The summed E-state index contributed by atoms with van der Waals surface area (Å²) in [5.74, 6) is 0.0867. The summed E-state index contributed by atoms with van der Waals surface area (Å²) in [5, 5.41) is 4.64. The zero-order valence-electron chi connectivity index (χ0n) is 8.96. The van der Waals surface area contributed by atoms with Gasteiger partial charge in [0.05, 0.1) is 11.4 Å². The minimum absolute atomic E-state index is 0.283. The van der Waals surface area contributed by atoms with E-state index in [1.54, 1.807) is 19.9 Å². The molecule has 2 aromatic rings. The SMILES string of the molecule is Cc1cc(F)ccc1-n1nc(C)c(Cl)c1N. The van der Waals surface area contributed by atoms with Crippen molar-refractivity contribution in [1.29, 1.82) is 0 Å². The number of nitrogens with zero attached hydrogens (tertiary/aromatic N) is 2. The molecular weight excluding hydrogens is 229 g/mol. The fourth-order valence-electron chi connectivity index (χ4n) is 1.57. The first kappa shape index (κ1) is 11.0. The maximum atomic E-state index is 13.0. The lowest BCUT2D eigenvalue weighted by atomic mass is 10.2. The summed E-state index contributed by atoms with van der Waals surface area (Å²) in [4.78, 5) is 0. The first-order chi connectivity index (χ1) is 7.50. The second kappa shape index (κ2) is 3.79. The molecule has 0 atom stereocenters. The summed E-state index contributed by atoms with van der Waals surface area (Å²) >= 11 is 5.95. The Morgan fingerprint density at radius 2 is 2.06 bits per heavy atom. The summed E-state index contributed by atoms with van der Waals surface area (Å²) < 4.78 is 14.5. The molecule has 0 saturated carbocycles. The Morgan fingerprint density at radius 1 is 1.38 bits per heavy atom. The van der Waals surface area contributed by atoms with E-state index in [1.807, 2.05) is 0 Å². The molecule has 1 aromatic carbocycles. The Bertz CT molecular complexity index is 548. The van der Waals surface area contributed by atoms with Crippen LogP contribution in [0.15, 0.2) is 18.2 Å². The van der Waals surface area contributed by atoms with Crippen molar-refractivity contribution in [2.24, 2.45) is 0 Å². The molecule has 0 spiro atoms. The maximum Gasteiger partial charge on any atom is 0.146 e. The van der Waals surface area contributed by atoms with Crippen LogP contribution < -0.4 is 5.73 Å². The number of nitrogens with two attached hydrogens (primary N) is 1. The van der Waals surface area contributed by atoms with E-state index in [2.05, 4.69) is 5.10 Å². The van der Waals surface area contributed by atoms with E-state index < -0.39 is 0 Å². The van der Waals surface area contributed by atoms with Crippen LogP contribution in [0.5, 0.6) is 0 Å². The Hall–Kier alpha value is -1.55. The van der Waals surface area contributed by atoms with Gasteiger partial charge in [-0.15, -0.1) is 0 Å². The van der Waals surface area contributed by atoms with E-state index in [0.29, 0.717) is 16.5 Å². The lowest BCUT2D eigenvalue weighted by Gasteiger charge is -2.07. The molecule has 0 radical (unpaired) electrons. The quantitative estimate of drug-likeness (QED) is 0.832. The van der Waals surface area contributed by atoms with Gasteiger partial charge in [0.15, 0.2) is 0 Å². The molecule has 0 aliphatic heterocycles. The molecule has 0 amide bonds. The molecule has 84 valence electrons. The van der Waals surface area contributed by atoms with Crippen molar-refractivity contribution >= 4 is 17.4 Å². The molecule has 0 saturated heterocycles. The summed E-state index contributed by atoms with van der Waals surface area (Å²) in [6, 6.07) is 4.43. The normalized spacial score (nSPS) is 10.8. The lowest BCUT2D eigenvalue weighted by molar-refractivity contribution is 0.625. The number of benzene rings is 1. The van der Waals surface area contributed by atoms with Crippen LogP contribution in [0.3, 0.4) is 0 Å². The van der Waals surface area contributed by atoms with Crippen LogP contribution >= 0.6 is 11.6 Å². The van der Waals surface area contributed by atoms with E-state index in [4.69, 9.17) is 17.3 Å². The fraction of sp³-hybridized carbons (Fsp3) is 0.182. The van der Waals surface area contributed by atoms with Crippen LogP contribution in [0.25, 0.3) is 5.69 Å². The maximum absolute atomic E-state index is 13.0. The van der Waals surface area contributed by atoms with Crippen LogP contribution in [0.4, 0.5) is 10.2 Å². The minimum Gasteiger partial charge on any atom is -0.382 e. The van der Waals surface area contributed by atoms with Crippen molar-refractivity contribution in [3.8, 4) is 5.69 Å². The van der Waals surface area contributed by atoms with Crippen molar-refractivity contribution in [1.82, 2.24) is 9.78 Å². The van der Waals surface area contributed by atoms with Gasteiger partial charge in [0.25, 0.3) is 0 Å². The molecule has 0 aliphatic rings. The van der Waals surface area contributed by atoms with Crippen LogP contribution in [-0.2, 0) is 0 Å². The van der Waals surface area contributed by atoms with Gasteiger partial charge in [0, 0.05) is 0 Å². The van der Waals surface area contributed by atoms with Gasteiger partial charge in [-0.1, -0.05) is 11.6 Å². The van der Waals surface area contributed by atoms with Crippen molar-refractivity contribution in [2.75, 3.05) is 5.73 Å². The number of aromatic nitrogens is 2. The van der Waals surface area contributed by atoms with E-state index in [1.165, 1.54) is 16.8 Å². The van der Waals surface area contributed by atoms with Crippen molar-refractivity contribution in [3.05, 3.63) is 40.3 Å². The van der Waals surface area contributed by atoms with Crippen molar-refractivity contribution < 1.29 is 4.39 Å². The predicted molar refractivity (Wildman–Crippen MR) is 62.4 cm³/mol. The Kier molecular flexibility index (Phi) is 2.59. The van der Waals surface area contributed by atoms with Crippen molar-refractivity contribution in [3.63, 3.8) is 0 Å². The van der Waals surface area contributed by atoms with Gasteiger partial charge in [-0.25, -0.2) is 9.07 Å². The van der Waals surface area contributed by atoms with Gasteiger partial charge >= 0.3 is 0 Å². The van der Waals surface area contributed by atoms with E-state index in [9.17, 15) is 4.39 Å². The molecule has 0 aliphatic carbocycles. The first-order valence-corrected chi connectivity index (χ1v) is 5.15. The molecule has 1 heterocycles. The Balaban J connectivity index is 2.63. The number of halogens is 2.